The van der Waals surface area contributed by atoms with E-state index in [2.05, 4.69) is 15.4 Å². The number of nitrogens with one attached hydrogen (secondary N) is 1. The summed E-state index contributed by atoms with van der Waals surface area (Å²) in [5, 5.41) is 17.3. The summed E-state index contributed by atoms with van der Waals surface area (Å²) in [7, 11) is 0. The van der Waals surface area contributed by atoms with E-state index in [1.54, 1.807) is 35.0 Å². The molecule has 0 amide bonds. The van der Waals surface area contributed by atoms with E-state index in [0.29, 0.717) is 54.8 Å². The highest BCUT2D eigenvalue weighted by atomic mass is 19.1. The van der Waals surface area contributed by atoms with Crippen molar-refractivity contribution in [2.45, 2.75) is 19.6 Å². The molecule has 0 saturated carbocycles. The van der Waals surface area contributed by atoms with Crippen LogP contribution in [-0.4, -0.2) is 45.9 Å². The van der Waals surface area contributed by atoms with Gasteiger partial charge in [-0.25, -0.2) is 4.39 Å². The molecule has 2 N–H and O–H groups in total. The Morgan fingerprint density at radius 3 is 2.61 bits per heavy atom. The predicted molar refractivity (Wildman–Crippen MR) is 102 cm³/mol. The summed E-state index contributed by atoms with van der Waals surface area (Å²) in [5.41, 5.74) is 1.94. The van der Waals surface area contributed by atoms with Gasteiger partial charge in [-0.05, 0) is 42.3 Å². The van der Waals surface area contributed by atoms with E-state index in [1.807, 2.05) is 13.0 Å². The van der Waals surface area contributed by atoms with Gasteiger partial charge in [0, 0.05) is 5.56 Å². The second kappa shape index (κ2) is 7.95. The number of ether oxygens (including phenoxy) is 2. The number of aryl methyl sites for hydroxylation is 1. The van der Waals surface area contributed by atoms with Crippen LogP contribution < -0.4 is 5.32 Å². The number of rotatable bonds is 6. The van der Waals surface area contributed by atoms with Gasteiger partial charge in [0.1, 0.15) is 11.6 Å². The lowest BCUT2D eigenvalue weighted by atomic mass is 10.1. The average Bonchev–Trinajstić information content (AvgIpc) is 3.37. The van der Waals surface area contributed by atoms with E-state index < -0.39 is 0 Å². The molecule has 0 atom stereocenters. The van der Waals surface area contributed by atoms with E-state index in [1.165, 1.54) is 6.07 Å². The number of phenols is 1. The van der Waals surface area contributed by atoms with Gasteiger partial charge in [-0.3, -0.25) is 0 Å². The van der Waals surface area contributed by atoms with Crippen molar-refractivity contribution in [3.8, 4) is 22.8 Å². The van der Waals surface area contributed by atoms with Crippen LogP contribution in [0.5, 0.6) is 5.75 Å². The highest BCUT2D eigenvalue weighted by Gasteiger charge is 2.19. The Balaban J connectivity index is 1.68. The summed E-state index contributed by atoms with van der Waals surface area (Å²) in [4.78, 5) is 4.54. The molecule has 1 aliphatic heterocycles. The predicted octanol–water partition coefficient (Wildman–Crippen LogP) is 3.13. The molecule has 146 valence electrons. The fourth-order valence-corrected chi connectivity index (χ4v) is 3.00. The summed E-state index contributed by atoms with van der Waals surface area (Å²) in [6.45, 7) is 3.43. The lowest BCUT2D eigenvalue weighted by molar-refractivity contribution is -0.0300. The van der Waals surface area contributed by atoms with Crippen LogP contribution in [-0.2, 0) is 15.9 Å². The summed E-state index contributed by atoms with van der Waals surface area (Å²) in [6, 6.07) is 11.6. The van der Waals surface area contributed by atoms with Crippen molar-refractivity contribution in [2.24, 2.45) is 0 Å². The first-order valence-corrected chi connectivity index (χ1v) is 9.16. The van der Waals surface area contributed by atoms with Gasteiger partial charge in [0.25, 0.3) is 0 Å². The van der Waals surface area contributed by atoms with Crippen LogP contribution in [0.25, 0.3) is 17.1 Å². The smallest absolute Gasteiger partial charge is 0.226 e. The van der Waals surface area contributed by atoms with E-state index in [0.717, 1.165) is 0 Å². The van der Waals surface area contributed by atoms with Crippen LogP contribution >= 0.6 is 0 Å². The number of hydrogen-bond donors (Lipinski definition) is 2. The van der Waals surface area contributed by atoms with Gasteiger partial charge in [-0.15, -0.1) is 5.10 Å². The lowest BCUT2D eigenvalue weighted by Gasteiger charge is -2.11. The standard InChI is InChI=1S/C20H21FN4O3/c1-2-13-3-4-14(11-17(13)21)19-23-20(22-12-18-27-9-10-28-18)25(24-19)15-5-7-16(26)8-6-15/h3-8,11,18,26H,2,9-10,12H2,1H3,(H,22,23,24). The monoisotopic (exact) mass is 384 g/mol. The van der Waals surface area contributed by atoms with Crippen molar-refractivity contribution < 1.29 is 19.0 Å². The normalized spacial score (nSPS) is 14.5. The van der Waals surface area contributed by atoms with Crippen LogP contribution in [0.15, 0.2) is 42.5 Å². The van der Waals surface area contributed by atoms with E-state index >= 15 is 0 Å². The van der Waals surface area contributed by atoms with Crippen molar-refractivity contribution in [3.05, 3.63) is 53.8 Å². The summed E-state index contributed by atoms with van der Waals surface area (Å²) < 4.78 is 26.7. The van der Waals surface area contributed by atoms with Gasteiger partial charge >= 0.3 is 0 Å². The molecule has 1 aliphatic rings. The Kier molecular flexibility index (Phi) is 5.23. The molecule has 2 aromatic carbocycles. The molecule has 1 saturated heterocycles. The third kappa shape index (κ3) is 3.83. The van der Waals surface area contributed by atoms with Crippen LogP contribution in [0.2, 0.25) is 0 Å². The molecule has 0 bridgehead atoms. The van der Waals surface area contributed by atoms with E-state index in [9.17, 15) is 9.50 Å². The number of aromatic nitrogens is 3. The highest BCUT2D eigenvalue weighted by molar-refractivity contribution is 5.58. The van der Waals surface area contributed by atoms with Crippen LogP contribution in [0, 0.1) is 5.82 Å². The Hall–Kier alpha value is -2.97. The van der Waals surface area contributed by atoms with Gasteiger partial charge in [0.2, 0.25) is 5.95 Å². The van der Waals surface area contributed by atoms with Crippen molar-refractivity contribution >= 4 is 5.95 Å². The van der Waals surface area contributed by atoms with Gasteiger partial charge in [0.15, 0.2) is 12.1 Å². The molecule has 0 radical (unpaired) electrons. The van der Waals surface area contributed by atoms with Crippen LogP contribution in [0.3, 0.4) is 0 Å². The van der Waals surface area contributed by atoms with Gasteiger partial charge in [-0.2, -0.15) is 9.67 Å². The van der Waals surface area contributed by atoms with Crippen molar-refractivity contribution in [1.29, 1.82) is 0 Å². The minimum absolute atomic E-state index is 0.156. The minimum Gasteiger partial charge on any atom is -0.508 e. The average molecular weight is 384 g/mol. The highest BCUT2D eigenvalue weighted by Crippen LogP contribution is 2.24. The van der Waals surface area contributed by atoms with Crippen molar-refractivity contribution in [3.63, 3.8) is 0 Å². The third-order valence-corrected chi connectivity index (χ3v) is 4.51. The molecule has 1 aromatic heterocycles. The Labute approximate surface area is 161 Å². The zero-order valence-corrected chi connectivity index (χ0v) is 15.4. The maximum Gasteiger partial charge on any atom is 0.226 e. The second-order valence-electron chi connectivity index (χ2n) is 6.40. The number of benzene rings is 2. The first-order chi connectivity index (χ1) is 13.6. The number of hydrogen-bond acceptors (Lipinski definition) is 6. The molecule has 0 spiro atoms. The van der Waals surface area contributed by atoms with Gasteiger partial charge in [-0.1, -0.05) is 19.1 Å². The molecule has 7 nitrogen and oxygen atoms in total. The zero-order valence-electron chi connectivity index (χ0n) is 15.4. The largest absolute Gasteiger partial charge is 0.508 e. The summed E-state index contributed by atoms with van der Waals surface area (Å²) in [6.07, 6.45) is 0.269. The van der Waals surface area contributed by atoms with Crippen LogP contribution in [0.1, 0.15) is 12.5 Å². The molecule has 4 rings (SSSR count). The lowest BCUT2D eigenvalue weighted by Crippen LogP contribution is -2.22. The summed E-state index contributed by atoms with van der Waals surface area (Å²) in [5.74, 6) is 0.747. The van der Waals surface area contributed by atoms with Crippen molar-refractivity contribution in [1.82, 2.24) is 14.8 Å². The maximum absolute atomic E-state index is 14.2. The molecule has 0 unspecified atom stereocenters. The van der Waals surface area contributed by atoms with E-state index in [4.69, 9.17) is 9.47 Å². The number of phenolic OH excluding ortho intramolecular Hbond substituents is 1. The molecular formula is C20H21FN4O3. The number of aromatic hydroxyl groups is 1. The van der Waals surface area contributed by atoms with E-state index in [-0.39, 0.29) is 17.9 Å². The Bertz CT molecular complexity index is 953. The summed E-state index contributed by atoms with van der Waals surface area (Å²) >= 11 is 0. The quantitative estimate of drug-likeness (QED) is 0.680. The number of halogens is 1. The molecule has 8 heteroatoms. The topological polar surface area (TPSA) is 81.4 Å². The molecule has 0 aliphatic carbocycles. The Morgan fingerprint density at radius 1 is 1.18 bits per heavy atom. The zero-order chi connectivity index (χ0) is 19.5. The first kappa shape index (κ1) is 18.4. The fraction of sp³-hybridized carbons (Fsp3) is 0.300. The first-order valence-electron chi connectivity index (χ1n) is 9.16. The molecular weight excluding hydrogens is 363 g/mol. The van der Waals surface area contributed by atoms with Gasteiger partial charge < -0.3 is 19.9 Å². The third-order valence-electron chi connectivity index (χ3n) is 4.51. The molecule has 28 heavy (non-hydrogen) atoms. The molecule has 3 aromatic rings. The number of nitrogens with zero attached hydrogens (tertiary/aromatic N) is 3. The SMILES string of the molecule is CCc1ccc(-c2nc(NCC3OCCO3)n(-c3ccc(O)cc3)n2)cc1F. The minimum atomic E-state index is -0.352. The molecule has 1 fully saturated rings. The Morgan fingerprint density at radius 2 is 1.93 bits per heavy atom. The maximum atomic E-state index is 14.2. The number of anilines is 1. The second-order valence-corrected chi connectivity index (χ2v) is 6.40. The molecule has 2 heterocycles. The van der Waals surface area contributed by atoms with Crippen LogP contribution in [0.4, 0.5) is 10.3 Å². The van der Waals surface area contributed by atoms with Crippen molar-refractivity contribution in [2.75, 3.05) is 25.1 Å². The van der Waals surface area contributed by atoms with Gasteiger partial charge in [0.05, 0.1) is 25.4 Å². The fourth-order valence-electron chi connectivity index (χ4n) is 3.00.